The summed E-state index contributed by atoms with van der Waals surface area (Å²) < 4.78 is 39.8. The number of carboxylic acid groups (broad SMARTS) is 1. The zero-order valence-corrected chi connectivity index (χ0v) is 10.3. The van der Waals surface area contributed by atoms with E-state index in [-0.39, 0.29) is 11.3 Å². The normalized spacial score (nSPS) is 11.2. The van der Waals surface area contributed by atoms with Crippen LogP contribution in [-0.2, 0) is 0 Å². The Balaban J connectivity index is 2.31. The van der Waals surface area contributed by atoms with Gasteiger partial charge in [-0.1, -0.05) is 12.1 Å². The Bertz CT molecular complexity index is 719. The molecule has 5 nitrogen and oxygen atoms in total. The number of ether oxygens (including phenoxy) is 1. The van der Waals surface area contributed by atoms with Crippen LogP contribution in [0.3, 0.4) is 0 Å². The highest BCUT2D eigenvalue weighted by Gasteiger charge is 2.30. The number of carbonyl (C=O) groups is 1. The molecule has 0 spiro atoms. The van der Waals surface area contributed by atoms with E-state index in [9.17, 15) is 22.8 Å². The molecule has 2 aromatic rings. The largest absolute Gasteiger partial charge is 0.573 e. The maximum Gasteiger partial charge on any atom is 0.573 e. The third-order valence-electron chi connectivity index (χ3n) is 2.54. The average Bonchev–Trinajstić information content (AvgIpc) is 2.38. The zero-order chi connectivity index (χ0) is 15.6. The molecule has 0 aliphatic carbocycles. The molecule has 0 aliphatic heterocycles. The second-order valence-corrected chi connectivity index (χ2v) is 3.99. The van der Waals surface area contributed by atoms with E-state index in [4.69, 9.17) is 5.11 Å². The minimum absolute atomic E-state index is 0.138. The first-order chi connectivity index (χ1) is 9.76. The van der Waals surface area contributed by atoms with E-state index in [1.54, 1.807) is 0 Å². The highest BCUT2D eigenvalue weighted by Crippen LogP contribution is 2.25. The summed E-state index contributed by atoms with van der Waals surface area (Å²) in [7, 11) is 0. The molecule has 1 aromatic carbocycles. The van der Waals surface area contributed by atoms with Crippen LogP contribution in [0.2, 0.25) is 0 Å². The van der Waals surface area contributed by atoms with Crippen molar-refractivity contribution in [3.8, 4) is 16.9 Å². The lowest BCUT2D eigenvalue weighted by Gasteiger charge is -2.09. The third kappa shape index (κ3) is 3.62. The lowest BCUT2D eigenvalue weighted by molar-refractivity contribution is -0.274. The second kappa shape index (κ2) is 5.31. The fourth-order valence-electron chi connectivity index (χ4n) is 1.66. The molecule has 0 bridgehead atoms. The van der Waals surface area contributed by atoms with Crippen molar-refractivity contribution < 1.29 is 27.8 Å². The molecule has 1 heterocycles. The van der Waals surface area contributed by atoms with E-state index < -0.39 is 23.6 Å². The minimum atomic E-state index is -4.79. The van der Waals surface area contributed by atoms with Crippen molar-refractivity contribution in [1.82, 2.24) is 4.98 Å². The number of alkyl halides is 3. The number of nitrogens with one attached hydrogen (secondary N) is 1. The van der Waals surface area contributed by atoms with Gasteiger partial charge in [0.1, 0.15) is 11.4 Å². The van der Waals surface area contributed by atoms with Crippen molar-refractivity contribution >= 4 is 5.97 Å². The van der Waals surface area contributed by atoms with E-state index in [0.29, 0.717) is 5.56 Å². The first-order valence-electron chi connectivity index (χ1n) is 5.59. The second-order valence-electron chi connectivity index (χ2n) is 3.99. The quantitative estimate of drug-likeness (QED) is 0.913. The maximum atomic E-state index is 12.0. The lowest BCUT2D eigenvalue weighted by Crippen LogP contribution is -2.17. The number of carboxylic acids is 1. The fourth-order valence-corrected chi connectivity index (χ4v) is 1.66. The van der Waals surface area contributed by atoms with Gasteiger partial charge in [0.2, 0.25) is 0 Å². The lowest BCUT2D eigenvalue weighted by atomic mass is 10.1. The molecule has 1 aromatic heterocycles. The molecule has 0 aliphatic rings. The van der Waals surface area contributed by atoms with E-state index >= 15 is 0 Å². The van der Waals surface area contributed by atoms with Gasteiger partial charge in [-0.15, -0.1) is 13.2 Å². The number of hydrogen-bond acceptors (Lipinski definition) is 3. The molecular formula is C13H8F3NO4. The van der Waals surface area contributed by atoms with Crippen molar-refractivity contribution in [2.75, 3.05) is 0 Å². The Morgan fingerprint density at radius 1 is 1.10 bits per heavy atom. The predicted octanol–water partition coefficient (Wildman–Crippen LogP) is 2.64. The number of rotatable bonds is 3. The van der Waals surface area contributed by atoms with E-state index in [0.717, 1.165) is 12.1 Å². The van der Waals surface area contributed by atoms with E-state index in [2.05, 4.69) is 9.72 Å². The summed E-state index contributed by atoms with van der Waals surface area (Å²) >= 11 is 0. The van der Waals surface area contributed by atoms with Crippen LogP contribution in [0.25, 0.3) is 11.1 Å². The summed E-state index contributed by atoms with van der Waals surface area (Å²) in [6.45, 7) is 0. The molecule has 0 fully saturated rings. The molecule has 2 rings (SSSR count). The molecule has 0 saturated carbocycles. The summed E-state index contributed by atoms with van der Waals surface area (Å²) in [5.41, 5.74) is -0.457. The first-order valence-corrected chi connectivity index (χ1v) is 5.59. The van der Waals surface area contributed by atoms with Crippen LogP contribution >= 0.6 is 0 Å². The van der Waals surface area contributed by atoms with Crippen LogP contribution in [0.1, 0.15) is 10.5 Å². The number of aromatic nitrogens is 1. The van der Waals surface area contributed by atoms with Crippen LogP contribution in [-0.4, -0.2) is 22.4 Å². The molecule has 0 atom stereocenters. The van der Waals surface area contributed by atoms with Crippen molar-refractivity contribution in [3.63, 3.8) is 0 Å². The molecule has 21 heavy (non-hydrogen) atoms. The van der Waals surface area contributed by atoms with Gasteiger partial charge in [0.15, 0.2) is 0 Å². The van der Waals surface area contributed by atoms with E-state index in [1.807, 2.05) is 0 Å². The topological polar surface area (TPSA) is 79.4 Å². The van der Waals surface area contributed by atoms with Crippen molar-refractivity contribution in [1.29, 1.82) is 0 Å². The third-order valence-corrected chi connectivity index (χ3v) is 2.54. The summed E-state index contributed by atoms with van der Waals surface area (Å²) in [6, 6.07) is 7.14. The summed E-state index contributed by atoms with van der Waals surface area (Å²) in [5, 5.41) is 8.72. The Morgan fingerprint density at radius 2 is 1.71 bits per heavy atom. The first kappa shape index (κ1) is 14.6. The van der Waals surface area contributed by atoms with Gasteiger partial charge < -0.3 is 14.8 Å². The van der Waals surface area contributed by atoms with Gasteiger partial charge in [-0.05, 0) is 29.8 Å². The molecule has 8 heteroatoms. The van der Waals surface area contributed by atoms with Gasteiger partial charge in [-0.25, -0.2) is 4.79 Å². The molecule has 0 amide bonds. The number of halogens is 3. The van der Waals surface area contributed by atoms with Crippen LogP contribution in [0.4, 0.5) is 13.2 Å². The average molecular weight is 299 g/mol. The van der Waals surface area contributed by atoms with Crippen LogP contribution in [0, 0.1) is 0 Å². The Kier molecular flexibility index (Phi) is 3.70. The monoisotopic (exact) mass is 299 g/mol. The standard InChI is InChI=1S/C13H8F3NO4/c14-13(15,16)21-8-3-1-7(2-4-8)9-5-6-10(12(19)20)17-11(9)18/h1-6H,(H,17,18)(H,19,20). The molecule has 0 radical (unpaired) electrons. The molecular weight excluding hydrogens is 291 g/mol. The number of hydrogen-bond donors (Lipinski definition) is 2. The van der Waals surface area contributed by atoms with Crippen molar-refractivity contribution in [2.45, 2.75) is 6.36 Å². The highest BCUT2D eigenvalue weighted by molar-refractivity contribution is 5.85. The van der Waals surface area contributed by atoms with Gasteiger partial charge in [-0.2, -0.15) is 0 Å². The minimum Gasteiger partial charge on any atom is -0.477 e. The van der Waals surface area contributed by atoms with E-state index in [1.165, 1.54) is 24.3 Å². The van der Waals surface area contributed by atoms with Gasteiger partial charge in [0.05, 0.1) is 0 Å². The Morgan fingerprint density at radius 3 is 2.19 bits per heavy atom. The maximum absolute atomic E-state index is 12.0. The zero-order valence-electron chi connectivity index (χ0n) is 10.3. The predicted molar refractivity (Wildman–Crippen MR) is 66.1 cm³/mol. The SMILES string of the molecule is O=C(O)c1ccc(-c2ccc(OC(F)(F)F)cc2)c(=O)[nH]1. The molecule has 0 saturated heterocycles. The number of aromatic amines is 1. The highest BCUT2D eigenvalue weighted by atomic mass is 19.4. The van der Waals surface area contributed by atoms with Crippen LogP contribution in [0.5, 0.6) is 5.75 Å². The van der Waals surface area contributed by atoms with Crippen molar-refractivity contribution in [3.05, 3.63) is 52.4 Å². The number of H-pyrrole nitrogens is 1. The Hall–Kier alpha value is -2.77. The van der Waals surface area contributed by atoms with Gasteiger partial charge >= 0.3 is 12.3 Å². The summed E-state index contributed by atoms with van der Waals surface area (Å²) in [4.78, 5) is 24.6. The van der Waals surface area contributed by atoms with Gasteiger partial charge in [-0.3, -0.25) is 4.79 Å². The summed E-state index contributed by atoms with van der Waals surface area (Å²) in [6.07, 6.45) is -4.79. The van der Waals surface area contributed by atoms with Crippen LogP contribution in [0.15, 0.2) is 41.2 Å². The van der Waals surface area contributed by atoms with Gasteiger partial charge in [0, 0.05) is 5.56 Å². The van der Waals surface area contributed by atoms with Crippen LogP contribution < -0.4 is 10.3 Å². The number of aromatic carboxylic acids is 1. The molecule has 2 N–H and O–H groups in total. The molecule has 110 valence electrons. The Labute approximate surface area is 115 Å². The smallest absolute Gasteiger partial charge is 0.477 e. The fraction of sp³-hybridized carbons (Fsp3) is 0.0769. The number of benzene rings is 1. The van der Waals surface area contributed by atoms with Crippen molar-refractivity contribution in [2.24, 2.45) is 0 Å². The molecule has 0 unspecified atom stereocenters. The number of pyridine rings is 1. The summed E-state index contributed by atoms with van der Waals surface area (Å²) in [5.74, 6) is -1.70. The van der Waals surface area contributed by atoms with Gasteiger partial charge in [0.25, 0.3) is 5.56 Å².